The molecule has 1 fully saturated rings. The number of ketones is 1. The van der Waals surface area contributed by atoms with Crippen molar-refractivity contribution in [2.75, 3.05) is 33.3 Å². The molecule has 1 amide bonds. The highest BCUT2D eigenvalue weighted by Gasteiger charge is 2.45. The number of benzene rings is 2. The first-order chi connectivity index (χ1) is 14.9. The van der Waals surface area contributed by atoms with Crippen LogP contribution in [0.1, 0.15) is 31.0 Å². The lowest BCUT2D eigenvalue weighted by Crippen LogP contribution is -2.38. The topological polar surface area (TPSA) is 70.1 Å². The van der Waals surface area contributed by atoms with Crippen molar-refractivity contribution in [2.45, 2.75) is 19.9 Å². The van der Waals surface area contributed by atoms with Crippen LogP contribution in [0.25, 0.3) is 5.76 Å². The number of amides is 1. The molecule has 1 N–H and O–H groups in total. The SMILES string of the molecule is CCN(CC)CCN1C(=O)C(=O)C(=C(O)c2ccc(Cl)cc2)C1c1ccc(OC)cc1. The van der Waals surface area contributed by atoms with Crippen molar-refractivity contribution in [3.05, 3.63) is 70.3 Å². The molecule has 0 bridgehead atoms. The fourth-order valence-electron chi connectivity index (χ4n) is 3.80. The number of methoxy groups -OCH3 is 1. The first kappa shape index (κ1) is 22.8. The summed E-state index contributed by atoms with van der Waals surface area (Å²) in [5.74, 6) is -0.834. The van der Waals surface area contributed by atoms with Crippen molar-refractivity contribution in [3.63, 3.8) is 0 Å². The van der Waals surface area contributed by atoms with Gasteiger partial charge >= 0.3 is 0 Å². The van der Waals surface area contributed by atoms with Gasteiger partial charge in [-0.2, -0.15) is 0 Å². The molecule has 1 heterocycles. The van der Waals surface area contributed by atoms with Crippen molar-refractivity contribution >= 4 is 29.1 Å². The molecule has 2 aromatic carbocycles. The molecule has 1 aliphatic heterocycles. The van der Waals surface area contributed by atoms with Gasteiger partial charge in [-0.1, -0.05) is 37.6 Å². The summed E-state index contributed by atoms with van der Waals surface area (Å²) in [5.41, 5.74) is 1.25. The molecule has 31 heavy (non-hydrogen) atoms. The molecule has 1 aliphatic rings. The van der Waals surface area contributed by atoms with Crippen molar-refractivity contribution in [1.29, 1.82) is 0 Å². The van der Waals surface area contributed by atoms with E-state index in [-0.39, 0.29) is 11.3 Å². The number of carbonyl (C=O) groups excluding carboxylic acids is 2. The summed E-state index contributed by atoms with van der Waals surface area (Å²) in [4.78, 5) is 29.7. The van der Waals surface area contributed by atoms with Crippen LogP contribution < -0.4 is 4.74 Å². The second-order valence-electron chi connectivity index (χ2n) is 7.30. The number of aliphatic hydroxyl groups is 1. The number of Topliss-reactive ketones (excluding diaryl/α,β-unsaturated/α-hetero) is 1. The highest BCUT2D eigenvalue weighted by Crippen LogP contribution is 2.39. The van der Waals surface area contributed by atoms with E-state index in [0.29, 0.717) is 29.4 Å². The highest BCUT2D eigenvalue weighted by molar-refractivity contribution is 6.46. The number of aliphatic hydroxyl groups excluding tert-OH is 1. The predicted molar refractivity (Wildman–Crippen MR) is 121 cm³/mol. The molecule has 0 aliphatic carbocycles. The Morgan fingerprint density at radius 3 is 2.23 bits per heavy atom. The maximum Gasteiger partial charge on any atom is 0.295 e. The third-order valence-corrected chi connectivity index (χ3v) is 5.89. The molecule has 0 saturated carbocycles. The minimum atomic E-state index is -0.687. The second-order valence-corrected chi connectivity index (χ2v) is 7.74. The van der Waals surface area contributed by atoms with Crippen molar-refractivity contribution in [2.24, 2.45) is 0 Å². The normalized spacial score (nSPS) is 18.1. The van der Waals surface area contributed by atoms with Gasteiger partial charge in [-0.05, 0) is 55.1 Å². The molecule has 7 heteroatoms. The summed E-state index contributed by atoms with van der Waals surface area (Å²) in [6.45, 7) is 6.81. The summed E-state index contributed by atoms with van der Waals surface area (Å²) >= 11 is 5.96. The van der Waals surface area contributed by atoms with Crippen LogP contribution >= 0.6 is 11.6 Å². The molecule has 1 unspecified atom stereocenters. The number of rotatable bonds is 8. The lowest BCUT2D eigenvalue weighted by molar-refractivity contribution is -0.140. The number of hydrogen-bond donors (Lipinski definition) is 1. The first-order valence-corrected chi connectivity index (χ1v) is 10.7. The molecule has 1 atom stereocenters. The van der Waals surface area contributed by atoms with Gasteiger partial charge in [0.15, 0.2) is 0 Å². The van der Waals surface area contributed by atoms with E-state index < -0.39 is 17.7 Å². The van der Waals surface area contributed by atoms with Crippen LogP contribution in [0, 0.1) is 0 Å². The number of halogens is 1. The molecular weight excluding hydrogens is 416 g/mol. The van der Waals surface area contributed by atoms with Crippen LogP contribution in [-0.2, 0) is 9.59 Å². The zero-order valence-electron chi connectivity index (χ0n) is 18.0. The molecule has 6 nitrogen and oxygen atoms in total. The van der Waals surface area contributed by atoms with E-state index >= 15 is 0 Å². The predicted octanol–water partition coefficient (Wildman–Crippen LogP) is 4.11. The van der Waals surface area contributed by atoms with Crippen LogP contribution in [0.2, 0.25) is 5.02 Å². The number of likely N-dealkylation sites (N-methyl/N-ethyl adjacent to an activating group) is 1. The monoisotopic (exact) mass is 442 g/mol. The van der Waals surface area contributed by atoms with E-state index in [9.17, 15) is 14.7 Å². The van der Waals surface area contributed by atoms with E-state index in [2.05, 4.69) is 18.7 Å². The Bertz CT molecular complexity index is 966. The summed E-state index contributed by atoms with van der Waals surface area (Å²) in [5, 5.41) is 11.5. The van der Waals surface area contributed by atoms with E-state index in [1.165, 1.54) is 0 Å². The van der Waals surface area contributed by atoms with Crippen molar-refractivity contribution in [3.8, 4) is 5.75 Å². The average molecular weight is 443 g/mol. The maximum atomic E-state index is 13.0. The van der Waals surface area contributed by atoms with Gasteiger partial charge in [-0.25, -0.2) is 0 Å². The lowest BCUT2D eigenvalue weighted by atomic mass is 9.95. The molecule has 164 valence electrons. The fraction of sp³-hybridized carbons (Fsp3) is 0.333. The third-order valence-electron chi connectivity index (χ3n) is 5.64. The van der Waals surface area contributed by atoms with Gasteiger partial charge in [-0.15, -0.1) is 0 Å². The number of likely N-dealkylation sites (tertiary alicyclic amines) is 1. The molecule has 0 aromatic heterocycles. The van der Waals surface area contributed by atoms with E-state index in [0.717, 1.165) is 18.7 Å². The molecular formula is C24H27ClN2O4. The van der Waals surface area contributed by atoms with Crippen molar-refractivity contribution in [1.82, 2.24) is 9.80 Å². The summed E-state index contributed by atoms with van der Waals surface area (Å²) in [6.07, 6.45) is 0. The number of hydrogen-bond acceptors (Lipinski definition) is 5. The lowest BCUT2D eigenvalue weighted by Gasteiger charge is -2.28. The zero-order chi connectivity index (χ0) is 22.5. The standard InChI is InChI=1S/C24H27ClN2O4/c1-4-26(5-2)14-15-27-21(16-8-12-19(31-3)13-9-16)20(23(29)24(27)30)22(28)17-6-10-18(25)11-7-17/h6-13,21,28H,4-5,14-15H2,1-3H3. The smallest absolute Gasteiger partial charge is 0.295 e. The van der Waals surface area contributed by atoms with Gasteiger partial charge in [0, 0.05) is 23.7 Å². The Labute approximate surface area is 187 Å². The Hall–Kier alpha value is -2.83. The molecule has 3 rings (SSSR count). The number of ether oxygens (including phenoxy) is 1. The Morgan fingerprint density at radius 1 is 1.06 bits per heavy atom. The quantitative estimate of drug-likeness (QED) is 0.378. The summed E-state index contributed by atoms with van der Waals surface area (Å²) in [6, 6.07) is 13.0. The molecule has 0 radical (unpaired) electrons. The van der Waals surface area contributed by atoms with Gasteiger partial charge in [0.25, 0.3) is 11.7 Å². The van der Waals surface area contributed by atoms with E-state index in [1.54, 1.807) is 48.4 Å². The minimum absolute atomic E-state index is 0.0806. The van der Waals surface area contributed by atoms with E-state index in [1.807, 2.05) is 12.1 Å². The molecule has 2 aromatic rings. The van der Waals surface area contributed by atoms with Crippen LogP contribution in [0.3, 0.4) is 0 Å². The van der Waals surface area contributed by atoms with Gasteiger partial charge in [0.2, 0.25) is 0 Å². The van der Waals surface area contributed by atoms with Gasteiger partial charge in [0.05, 0.1) is 18.7 Å². The van der Waals surface area contributed by atoms with Crippen LogP contribution in [0.15, 0.2) is 54.1 Å². The second kappa shape index (κ2) is 9.98. The first-order valence-electron chi connectivity index (χ1n) is 10.3. The Balaban J connectivity index is 2.08. The van der Waals surface area contributed by atoms with Crippen LogP contribution in [-0.4, -0.2) is 59.9 Å². The zero-order valence-corrected chi connectivity index (χ0v) is 18.7. The third kappa shape index (κ3) is 4.75. The molecule has 1 saturated heterocycles. The Kier molecular flexibility index (Phi) is 7.36. The summed E-state index contributed by atoms with van der Waals surface area (Å²) < 4.78 is 5.24. The number of nitrogens with zero attached hydrogens (tertiary/aromatic N) is 2. The largest absolute Gasteiger partial charge is 0.507 e. The fourth-order valence-corrected chi connectivity index (χ4v) is 3.92. The highest BCUT2D eigenvalue weighted by atomic mass is 35.5. The minimum Gasteiger partial charge on any atom is -0.507 e. The average Bonchev–Trinajstić information content (AvgIpc) is 3.04. The van der Waals surface area contributed by atoms with E-state index in [4.69, 9.17) is 16.3 Å². The van der Waals surface area contributed by atoms with Crippen molar-refractivity contribution < 1.29 is 19.4 Å². The van der Waals surface area contributed by atoms with Crippen LogP contribution in [0.4, 0.5) is 0 Å². The maximum absolute atomic E-state index is 13.0. The summed E-state index contributed by atoms with van der Waals surface area (Å²) in [7, 11) is 1.58. The van der Waals surface area contributed by atoms with Gasteiger partial charge < -0.3 is 19.6 Å². The van der Waals surface area contributed by atoms with Gasteiger partial charge in [-0.3, -0.25) is 9.59 Å². The van der Waals surface area contributed by atoms with Crippen LogP contribution in [0.5, 0.6) is 5.75 Å². The molecule has 0 spiro atoms. The van der Waals surface area contributed by atoms with Gasteiger partial charge in [0.1, 0.15) is 11.5 Å². The Morgan fingerprint density at radius 2 is 1.68 bits per heavy atom. The number of carbonyl (C=O) groups is 2.